The van der Waals surface area contributed by atoms with Gasteiger partial charge in [-0.2, -0.15) is 0 Å². The molecule has 2 fully saturated rings. The molecule has 1 unspecified atom stereocenters. The van der Waals surface area contributed by atoms with Crippen LogP contribution in [0.3, 0.4) is 0 Å². The molecule has 0 spiro atoms. The van der Waals surface area contributed by atoms with E-state index < -0.39 is 0 Å². The summed E-state index contributed by atoms with van der Waals surface area (Å²) in [7, 11) is 0. The van der Waals surface area contributed by atoms with Gasteiger partial charge in [0.25, 0.3) is 0 Å². The molecule has 2 rings (SSSR count). The molecule has 0 bridgehead atoms. The molecule has 1 saturated carbocycles. The van der Waals surface area contributed by atoms with E-state index in [0.29, 0.717) is 17.4 Å². The second-order valence-corrected chi connectivity index (χ2v) is 7.76. The van der Waals surface area contributed by atoms with Crippen molar-refractivity contribution in [3.8, 4) is 0 Å². The second kappa shape index (κ2) is 3.46. The fourth-order valence-electron chi connectivity index (χ4n) is 3.90. The summed E-state index contributed by atoms with van der Waals surface area (Å²) in [6.07, 6.45) is 1.38. The Morgan fingerprint density at radius 2 is 1.69 bits per heavy atom. The van der Waals surface area contributed by atoms with Gasteiger partial charge in [-0.3, -0.25) is 4.90 Å². The van der Waals surface area contributed by atoms with Gasteiger partial charge in [0, 0.05) is 17.6 Å². The van der Waals surface area contributed by atoms with Crippen molar-refractivity contribution in [1.29, 1.82) is 0 Å². The molecule has 4 atom stereocenters. The molecule has 0 radical (unpaired) electrons. The van der Waals surface area contributed by atoms with Gasteiger partial charge in [-0.05, 0) is 51.0 Å². The van der Waals surface area contributed by atoms with Crippen LogP contribution in [-0.2, 0) is 0 Å². The largest absolute Gasteiger partial charge is 0.330 e. The maximum atomic E-state index is 6.02. The highest BCUT2D eigenvalue weighted by atomic mass is 15.3. The van der Waals surface area contributed by atoms with Crippen LogP contribution in [0.4, 0.5) is 0 Å². The van der Waals surface area contributed by atoms with Crippen LogP contribution in [0.2, 0.25) is 0 Å². The lowest BCUT2D eigenvalue weighted by molar-refractivity contribution is 0.0161. The van der Waals surface area contributed by atoms with Crippen LogP contribution in [0, 0.1) is 17.3 Å². The summed E-state index contributed by atoms with van der Waals surface area (Å²) < 4.78 is 0. The number of likely N-dealkylation sites (tertiary alicyclic amines) is 1. The Kier molecular flexibility index (Phi) is 2.67. The van der Waals surface area contributed by atoms with Crippen LogP contribution < -0.4 is 5.73 Å². The van der Waals surface area contributed by atoms with Crippen LogP contribution in [0.15, 0.2) is 0 Å². The summed E-state index contributed by atoms with van der Waals surface area (Å²) in [4.78, 5) is 2.76. The Labute approximate surface area is 101 Å². The van der Waals surface area contributed by atoms with Gasteiger partial charge in [0.05, 0.1) is 0 Å². The zero-order valence-corrected chi connectivity index (χ0v) is 11.7. The Morgan fingerprint density at radius 3 is 2.06 bits per heavy atom. The molecule has 0 aromatic carbocycles. The molecule has 0 aromatic rings. The average Bonchev–Trinajstić information content (AvgIpc) is 2.75. The Morgan fingerprint density at radius 1 is 1.12 bits per heavy atom. The van der Waals surface area contributed by atoms with E-state index in [1.807, 2.05) is 0 Å². The van der Waals surface area contributed by atoms with Crippen molar-refractivity contribution < 1.29 is 0 Å². The smallest absolute Gasteiger partial charge is 0.0195 e. The van der Waals surface area contributed by atoms with E-state index in [4.69, 9.17) is 5.73 Å². The normalized spacial score (nSPS) is 39.9. The Hall–Kier alpha value is -0.0800. The van der Waals surface area contributed by atoms with Gasteiger partial charge in [-0.1, -0.05) is 20.8 Å². The van der Waals surface area contributed by atoms with Gasteiger partial charge in [0.2, 0.25) is 0 Å². The van der Waals surface area contributed by atoms with Crippen LogP contribution in [0.5, 0.6) is 0 Å². The Bertz CT molecular complexity index is 271. The molecule has 1 aliphatic heterocycles. The number of fused-ring (bicyclic) bond motifs is 1. The van der Waals surface area contributed by atoms with Crippen molar-refractivity contribution >= 4 is 0 Å². The number of rotatable bonds is 1. The van der Waals surface area contributed by atoms with Crippen molar-refractivity contribution in [2.45, 2.75) is 65.6 Å². The third-order valence-electron chi connectivity index (χ3n) is 4.35. The van der Waals surface area contributed by atoms with Gasteiger partial charge in [0.15, 0.2) is 0 Å². The predicted molar refractivity (Wildman–Crippen MR) is 69.3 cm³/mol. The number of hydrogen-bond donors (Lipinski definition) is 1. The summed E-state index contributed by atoms with van der Waals surface area (Å²) in [6.45, 7) is 15.0. The molecule has 94 valence electrons. The molecular weight excluding hydrogens is 196 g/mol. The van der Waals surface area contributed by atoms with Gasteiger partial charge in [-0.15, -0.1) is 0 Å². The fraction of sp³-hybridized carbons (Fsp3) is 1.00. The molecular formula is C14H28N2. The molecule has 16 heavy (non-hydrogen) atoms. The van der Waals surface area contributed by atoms with Gasteiger partial charge in [-0.25, -0.2) is 0 Å². The van der Waals surface area contributed by atoms with E-state index >= 15 is 0 Å². The van der Waals surface area contributed by atoms with Gasteiger partial charge in [0.1, 0.15) is 0 Å². The van der Waals surface area contributed by atoms with Crippen molar-refractivity contribution in [2.24, 2.45) is 23.0 Å². The first-order valence-electron chi connectivity index (χ1n) is 6.66. The van der Waals surface area contributed by atoms with E-state index in [1.54, 1.807) is 0 Å². The summed E-state index contributed by atoms with van der Waals surface area (Å²) in [5, 5.41) is 0. The second-order valence-electron chi connectivity index (χ2n) is 7.76. The number of hydrogen-bond acceptors (Lipinski definition) is 2. The zero-order valence-electron chi connectivity index (χ0n) is 11.7. The number of nitrogens with zero attached hydrogens (tertiary/aromatic N) is 1. The number of nitrogens with two attached hydrogens (primary N) is 1. The number of piperidine rings is 1. The first-order chi connectivity index (χ1) is 7.18. The molecule has 2 aliphatic rings. The van der Waals surface area contributed by atoms with E-state index in [2.05, 4.69) is 46.4 Å². The fourth-order valence-corrected chi connectivity index (χ4v) is 3.90. The summed E-state index contributed by atoms with van der Waals surface area (Å²) in [5.41, 5.74) is 6.63. The van der Waals surface area contributed by atoms with Crippen LogP contribution >= 0.6 is 0 Å². The van der Waals surface area contributed by atoms with E-state index in [1.165, 1.54) is 6.42 Å². The van der Waals surface area contributed by atoms with Crippen molar-refractivity contribution in [1.82, 2.24) is 4.90 Å². The SMILES string of the molecule is CC(C)(C)C1[C@H](CN)[C@@H]2C[C@@H]2N1C(C)(C)C. The molecule has 0 amide bonds. The lowest BCUT2D eigenvalue weighted by atomic mass is 9.76. The zero-order chi connectivity index (χ0) is 12.3. The van der Waals surface area contributed by atoms with Crippen LogP contribution in [0.25, 0.3) is 0 Å². The standard InChI is InChI=1S/C14H28N2/c1-13(2,3)12-10(8-15)9-7-11(9)16(12)14(4,5)6/h9-12H,7-8,15H2,1-6H3/t9-,10+,11-,12?/m0/s1. The molecule has 2 N–H and O–H groups in total. The average molecular weight is 224 g/mol. The maximum absolute atomic E-state index is 6.02. The lowest BCUT2D eigenvalue weighted by Gasteiger charge is -2.47. The molecule has 2 heteroatoms. The van der Waals surface area contributed by atoms with Gasteiger partial charge >= 0.3 is 0 Å². The third kappa shape index (κ3) is 1.80. The highest BCUT2D eigenvalue weighted by molar-refractivity contribution is 5.15. The summed E-state index contributed by atoms with van der Waals surface area (Å²) >= 11 is 0. The molecule has 1 heterocycles. The minimum absolute atomic E-state index is 0.279. The molecule has 1 saturated heterocycles. The Balaban J connectivity index is 2.30. The van der Waals surface area contributed by atoms with Crippen molar-refractivity contribution in [2.75, 3.05) is 6.54 Å². The van der Waals surface area contributed by atoms with Crippen LogP contribution in [-0.4, -0.2) is 29.1 Å². The predicted octanol–water partition coefficient (Wildman–Crippen LogP) is 2.48. The highest BCUT2D eigenvalue weighted by Gasteiger charge is 2.62. The van der Waals surface area contributed by atoms with Gasteiger partial charge < -0.3 is 5.73 Å². The topological polar surface area (TPSA) is 29.3 Å². The van der Waals surface area contributed by atoms with Crippen molar-refractivity contribution in [3.63, 3.8) is 0 Å². The van der Waals surface area contributed by atoms with E-state index in [9.17, 15) is 0 Å². The highest BCUT2D eigenvalue weighted by Crippen LogP contribution is 2.57. The third-order valence-corrected chi connectivity index (χ3v) is 4.35. The minimum atomic E-state index is 0.279. The first kappa shape index (κ1) is 12.4. The monoisotopic (exact) mass is 224 g/mol. The lowest BCUT2D eigenvalue weighted by Crippen LogP contribution is -2.54. The summed E-state index contributed by atoms with van der Waals surface area (Å²) in [6, 6.07) is 1.47. The van der Waals surface area contributed by atoms with E-state index in [-0.39, 0.29) is 5.54 Å². The molecule has 0 aromatic heterocycles. The molecule has 1 aliphatic carbocycles. The first-order valence-corrected chi connectivity index (χ1v) is 6.66. The summed E-state index contributed by atoms with van der Waals surface area (Å²) in [5.74, 6) is 1.60. The molecule has 2 nitrogen and oxygen atoms in total. The van der Waals surface area contributed by atoms with Crippen molar-refractivity contribution in [3.05, 3.63) is 0 Å². The van der Waals surface area contributed by atoms with E-state index in [0.717, 1.165) is 18.5 Å². The van der Waals surface area contributed by atoms with Crippen LogP contribution in [0.1, 0.15) is 48.0 Å². The quantitative estimate of drug-likeness (QED) is 0.741. The minimum Gasteiger partial charge on any atom is -0.330 e. The maximum Gasteiger partial charge on any atom is 0.0195 e.